The first kappa shape index (κ1) is 19.7. The van der Waals surface area contributed by atoms with Gasteiger partial charge in [-0.25, -0.2) is 9.51 Å². The highest BCUT2D eigenvalue weighted by Crippen LogP contribution is 2.32. The van der Waals surface area contributed by atoms with Gasteiger partial charge in [0.05, 0.1) is 50.2 Å². The van der Waals surface area contributed by atoms with Gasteiger partial charge in [0.2, 0.25) is 5.78 Å². The van der Waals surface area contributed by atoms with Crippen molar-refractivity contribution in [3.63, 3.8) is 0 Å². The van der Waals surface area contributed by atoms with Gasteiger partial charge in [0, 0.05) is 24.6 Å². The number of likely N-dealkylation sites (N-methyl/N-ethyl adjacent to an activating group) is 1. The van der Waals surface area contributed by atoms with Crippen LogP contribution in [0.1, 0.15) is 19.8 Å². The standard InChI is InChI=1S/C21H25ClN6O/c1-14-13-15(18(23)17(22)20(14)29)25-19-16-7-3-4-9-27(16)26-21(19)24-8-12-28(2)10-5-6-11-28/h3-4,7,9,13H,5-6,8,10-12H2,1-2H3,(H2-,23,24,26,29)/p+1. The molecule has 0 aromatic carbocycles. The Balaban J connectivity index is 1.68. The number of nitrogens with two attached hydrogens (primary N) is 1. The minimum atomic E-state index is -0.260. The van der Waals surface area contributed by atoms with E-state index in [0.29, 0.717) is 22.8 Å². The normalized spacial score (nSPS) is 20.6. The van der Waals surface area contributed by atoms with Gasteiger partial charge in [-0.15, -0.1) is 5.10 Å². The number of nitrogens with zero attached hydrogens (tertiary/aromatic N) is 4. The summed E-state index contributed by atoms with van der Waals surface area (Å²) in [4.78, 5) is 16.8. The van der Waals surface area contributed by atoms with E-state index in [4.69, 9.17) is 22.3 Å². The van der Waals surface area contributed by atoms with Gasteiger partial charge >= 0.3 is 0 Å². The maximum atomic E-state index is 12.0. The number of anilines is 1. The van der Waals surface area contributed by atoms with Crippen molar-refractivity contribution in [1.29, 1.82) is 0 Å². The van der Waals surface area contributed by atoms with E-state index in [1.165, 1.54) is 25.9 Å². The SMILES string of the molecule is CC1=CC(=Nc2c(NCC[N+]3(C)CCCC3)nn3ccccc23)C(N)=C(Cl)C1=O. The summed E-state index contributed by atoms with van der Waals surface area (Å²) in [6.07, 6.45) is 6.15. The van der Waals surface area contributed by atoms with Crippen LogP contribution >= 0.6 is 11.6 Å². The number of pyridine rings is 1. The molecule has 2 aromatic heterocycles. The highest BCUT2D eigenvalue weighted by atomic mass is 35.5. The molecule has 4 rings (SSSR count). The van der Waals surface area contributed by atoms with Crippen molar-refractivity contribution >= 4 is 40.1 Å². The number of Topliss-reactive ketones (excluding diaryl/α,β-unsaturated/α-hetero) is 1. The first-order valence-corrected chi connectivity index (χ1v) is 10.3. The van der Waals surface area contributed by atoms with Crippen molar-refractivity contribution in [2.24, 2.45) is 10.7 Å². The second kappa shape index (κ2) is 7.65. The van der Waals surface area contributed by atoms with E-state index in [2.05, 4.69) is 17.5 Å². The van der Waals surface area contributed by atoms with Gasteiger partial charge in [0.1, 0.15) is 10.7 Å². The number of aliphatic imine (C=N–C) groups is 1. The van der Waals surface area contributed by atoms with Crippen LogP contribution in [0.4, 0.5) is 11.5 Å². The third-order valence-electron chi connectivity index (χ3n) is 5.76. The Hall–Kier alpha value is -2.64. The van der Waals surface area contributed by atoms with Crippen LogP contribution in [0.3, 0.4) is 0 Å². The summed E-state index contributed by atoms with van der Waals surface area (Å²) >= 11 is 6.12. The summed E-state index contributed by atoms with van der Waals surface area (Å²) in [5.41, 5.74) is 8.82. The van der Waals surface area contributed by atoms with E-state index >= 15 is 0 Å². The molecule has 0 unspecified atom stereocenters. The van der Waals surface area contributed by atoms with Crippen LogP contribution in [0.15, 0.2) is 51.8 Å². The number of hydrogen-bond donors (Lipinski definition) is 2. The van der Waals surface area contributed by atoms with Crippen LogP contribution < -0.4 is 11.1 Å². The van der Waals surface area contributed by atoms with E-state index in [1.54, 1.807) is 17.5 Å². The highest BCUT2D eigenvalue weighted by Gasteiger charge is 2.27. The Kier molecular flexibility index (Phi) is 5.19. The minimum Gasteiger partial charge on any atom is -0.396 e. The maximum absolute atomic E-state index is 12.0. The van der Waals surface area contributed by atoms with Crippen LogP contribution in [0, 0.1) is 0 Å². The second-order valence-electron chi connectivity index (χ2n) is 8.03. The molecular weight excluding hydrogens is 388 g/mol. The van der Waals surface area contributed by atoms with Crippen molar-refractivity contribution in [2.45, 2.75) is 19.8 Å². The largest absolute Gasteiger partial charge is 0.396 e. The molecule has 0 radical (unpaired) electrons. The Morgan fingerprint density at radius 1 is 1.34 bits per heavy atom. The summed E-state index contributed by atoms with van der Waals surface area (Å²) in [6, 6.07) is 5.82. The van der Waals surface area contributed by atoms with E-state index < -0.39 is 0 Å². The molecule has 2 aliphatic rings. The van der Waals surface area contributed by atoms with Gasteiger partial charge in [0.15, 0.2) is 5.82 Å². The molecule has 1 fully saturated rings. The zero-order valence-electron chi connectivity index (χ0n) is 16.8. The number of carbonyl (C=O) groups is 1. The van der Waals surface area contributed by atoms with E-state index in [-0.39, 0.29) is 16.5 Å². The lowest BCUT2D eigenvalue weighted by Crippen LogP contribution is -2.44. The second-order valence-corrected chi connectivity index (χ2v) is 8.41. The lowest BCUT2D eigenvalue weighted by Gasteiger charge is -2.29. The molecule has 0 amide bonds. The van der Waals surface area contributed by atoms with Gasteiger partial charge in [-0.05, 0) is 25.1 Å². The first-order chi connectivity index (χ1) is 13.9. The number of likely N-dealkylation sites (tertiary alicyclic amines) is 1. The molecule has 3 heterocycles. The fraction of sp³-hybridized carbons (Fsp3) is 0.381. The minimum absolute atomic E-state index is 0.0150. The number of rotatable bonds is 5. The molecule has 29 heavy (non-hydrogen) atoms. The molecule has 1 aliphatic carbocycles. The van der Waals surface area contributed by atoms with Crippen LogP contribution in [-0.4, -0.2) is 58.8 Å². The molecule has 8 heteroatoms. The predicted molar refractivity (Wildman–Crippen MR) is 117 cm³/mol. The zero-order chi connectivity index (χ0) is 20.6. The fourth-order valence-electron chi connectivity index (χ4n) is 3.95. The van der Waals surface area contributed by atoms with Crippen LogP contribution in [-0.2, 0) is 4.79 Å². The van der Waals surface area contributed by atoms with Crippen LogP contribution in [0.2, 0.25) is 0 Å². The molecule has 0 saturated carbocycles. The third-order valence-corrected chi connectivity index (χ3v) is 6.13. The lowest BCUT2D eigenvalue weighted by atomic mass is 10.0. The average Bonchev–Trinajstić information content (AvgIpc) is 3.29. The number of aromatic nitrogens is 2. The Bertz CT molecular complexity index is 1060. The number of hydrogen-bond acceptors (Lipinski definition) is 5. The third kappa shape index (κ3) is 3.80. The summed E-state index contributed by atoms with van der Waals surface area (Å²) in [5.74, 6) is 0.435. The molecule has 7 nitrogen and oxygen atoms in total. The van der Waals surface area contributed by atoms with Gasteiger partial charge in [-0.3, -0.25) is 4.79 Å². The van der Waals surface area contributed by atoms with E-state index in [1.807, 2.05) is 24.4 Å². The Labute approximate surface area is 175 Å². The quantitative estimate of drug-likeness (QED) is 0.583. The first-order valence-electron chi connectivity index (χ1n) is 9.90. The molecule has 3 N–H and O–H groups in total. The number of fused-ring (bicyclic) bond motifs is 1. The smallest absolute Gasteiger partial charge is 0.202 e. The van der Waals surface area contributed by atoms with Gasteiger partial charge in [-0.1, -0.05) is 17.7 Å². The van der Waals surface area contributed by atoms with Crippen LogP contribution in [0.5, 0.6) is 0 Å². The van der Waals surface area contributed by atoms with Crippen molar-refractivity contribution in [3.05, 3.63) is 46.8 Å². The zero-order valence-corrected chi connectivity index (χ0v) is 17.5. The Morgan fingerprint density at radius 3 is 2.86 bits per heavy atom. The summed E-state index contributed by atoms with van der Waals surface area (Å²) in [5, 5.41) is 8.13. The number of quaternary nitrogens is 1. The molecule has 1 saturated heterocycles. The fourth-order valence-corrected chi connectivity index (χ4v) is 4.20. The van der Waals surface area contributed by atoms with Crippen molar-refractivity contribution < 1.29 is 9.28 Å². The van der Waals surface area contributed by atoms with E-state index in [9.17, 15) is 4.79 Å². The predicted octanol–water partition coefficient (Wildman–Crippen LogP) is 3.00. The van der Waals surface area contributed by atoms with Crippen molar-refractivity contribution in [2.75, 3.05) is 38.5 Å². The van der Waals surface area contributed by atoms with Crippen molar-refractivity contribution in [1.82, 2.24) is 9.61 Å². The topological polar surface area (TPSA) is 84.8 Å². The number of nitrogens with one attached hydrogen (secondary N) is 1. The summed E-state index contributed by atoms with van der Waals surface area (Å²) in [6.45, 7) is 5.99. The number of carbonyl (C=O) groups excluding carboxylic acids is 1. The van der Waals surface area contributed by atoms with Crippen LogP contribution in [0.25, 0.3) is 5.52 Å². The number of ketones is 1. The van der Waals surface area contributed by atoms with Gasteiger partial charge in [0.25, 0.3) is 0 Å². The summed E-state index contributed by atoms with van der Waals surface area (Å²) < 4.78 is 2.87. The number of halogens is 1. The molecule has 0 spiro atoms. The van der Waals surface area contributed by atoms with Gasteiger partial charge in [-0.2, -0.15) is 0 Å². The molecule has 152 valence electrons. The summed E-state index contributed by atoms with van der Waals surface area (Å²) in [7, 11) is 2.31. The van der Waals surface area contributed by atoms with Gasteiger partial charge < -0.3 is 15.5 Å². The lowest BCUT2D eigenvalue weighted by molar-refractivity contribution is -0.895. The monoisotopic (exact) mass is 413 g/mol. The molecule has 0 bridgehead atoms. The van der Waals surface area contributed by atoms with E-state index in [0.717, 1.165) is 23.1 Å². The Morgan fingerprint density at radius 2 is 2.10 bits per heavy atom. The average molecular weight is 414 g/mol. The molecule has 0 atom stereocenters. The molecule has 2 aromatic rings. The molecular formula is C21H26ClN6O+. The highest BCUT2D eigenvalue weighted by molar-refractivity contribution is 6.49. The maximum Gasteiger partial charge on any atom is 0.202 e. The van der Waals surface area contributed by atoms with Crippen molar-refractivity contribution in [3.8, 4) is 0 Å². The number of allylic oxidation sites excluding steroid dienone is 3. The molecule has 1 aliphatic heterocycles.